The molecule has 18 heavy (non-hydrogen) atoms. The van der Waals surface area contributed by atoms with E-state index in [1.807, 2.05) is 12.1 Å². The van der Waals surface area contributed by atoms with E-state index in [0.29, 0.717) is 0 Å². The number of rotatable bonds is 1. The number of hydrogen-bond donors (Lipinski definition) is 1. The molecule has 0 aromatic heterocycles. The molecular formula is C16H20FN. The third kappa shape index (κ3) is 1.48. The van der Waals surface area contributed by atoms with Crippen LogP contribution in [0.3, 0.4) is 0 Å². The summed E-state index contributed by atoms with van der Waals surface area (Å²) in [6.45, 7) is 0. The average Bonchev–Trinajstić information content (AvgIpc) is 2.26. The number of nitrogens with two attached hydrogens (primary N) is 1. The molecule has 4 fully saturated rings. The van der Waals surface area contributed by atoms with Gasteiger partial charge in [0, 0.05) is 5.54 Å². The minimum atomic E-state index is -0.133. The summed E-state index contributed by atoms with van der Waals surface area (Å²) in [5.41, 5.74) is 8.25. The van der Waals surface area contributed by atoms with E-state index in [0.717, 1.165) is 18.3 Å². The van der Waals surface area contributed by atoms with Crippen LogP contribution in [0.15, 0.2) is 24.3 Å². The normalized spacial score (nSPS) is 45.4. The summed E-state index contributed by atoms with van der Waals surface area (Å²) in [7, 11) is 0. The number of hydrogen-bond acceptors (Lipinski definition) is 1. The first-order valence-corrected chi connectivity index (χ1v) is 7.12. The predicted octanol–water partition coefficient (Wildman–Crippen LogP) is 3.37. The minimum Gasteiger partial charge on any atom is -0.325 e. The van der Waals surface area contributed by atoms with Crippen LogP contribution < -0.4 is 5.73 Å². The van der Waals surface area contributed by atoms with Crippen molar-refractivity contribution in [1.29, 1.82) is 0 Å². The molecule has 1 aromatic carbocycles. The molecule has 0 heterocycles. The Labute approximate surface area is 108 Å². The lowest BCUT2D eigenvalue weighted by atomic mass is 9.45. The second kappa shape index (κ2) is 3.36. The standard InChI is InChI=1S/C16H20FN/c17-14-3-1-13(2-4-14)15-6-11-5-12(7-15)9-16(18,8-11)10-15/h1-4,11-12H,5-10,18H2. The van der Waals surface area contributed by atoms with Crippen LogP contribution in [0.25, 0.3) is 0 Å². The Balaban J connectivity index is 1.77. The summed E-state index contributed by atoms with van der Waals surface area (Å²) >= 11 is 0. The SMILES string of the molecule is NC12CC3CC(C1)CC(c1ccc(F)cc1)(C3)C2. The monoisotopic (exact) mass is 245 g/mol. The van der Waals surface area contributed by atoms with Crippen molar-refractivity contribution in [1.82, 2.24) is 0 Å². The molecule has 2 atom stereocenters. The van der Waals surface area contributed by atoms with Crippen LogP contribution in [0.4, 0.5) is 4.39 Å². The van der Waals surface area contributed by atoms with E-state index in [-0.39, 0.29) is 16.8 Å². The van der Waals surface area contributed by atoms with Crippen LogP contribution in [-0.4, -0.2) is 5.54 Å². The third-order valence-electron chi connectivity index (χ3n) is 5.56. The van der Waals surface area contributed by atoms with Crippen molar-refractivity contribution in [3.63, 3.8) is 0 Å². The number of benzene rings is 1. The fraction of sp³-hybridized carbons (Fsp3) is 0.625. The lowest BCUT2D eigenvalue weighted by Gasteiger charge is -2.61. The maximum Gasteiger partial charge on any atom is 0.123 e. The molecule has 4 bridgehead atoms. The van der Waals surface area contributed by atoms with Crippen molar-refractivity contribution < 1.29 is 4.39 Å². The van der Waals surface area contributed by atoms with Gasteiger partial charge in [-0.3, -0.25) is 0 Å². The topological polar surface area (TPSA) is 26.0 Å². The van der Waals surface area contributed by atoms with Crippen molar-refractivity contribution in [2.45, 2.75) is 49.5 Å². The van der Waals surface area contributed by atoms with E-state index in [2.05, 4.69) is 0 Å². The van der Waals surface area contributed by atoms with Gasteiger partial charge in [-0.15, -0.1) is 0 Å². The van der Waals surface area contributed by atoms with E-state index in [9.17, 15) is 4.39 Å². The molecule has 2 N–H and O–H groups in total. The van der Waals surface area contributed by atoms with Crippen molar-refractivity contribution in [2.75, 3.05) is 0 Å². The summed E-state index contributed by atoms with van der Waals surface area (Å²) < 4.78 is 13.1. The van der Waals surface area contributed by atoms with Gasteiger partial charge in [-0.05, 0) is 73.5 Å². The molecule has 0 radical (unpaired) electrons. The summed E-state index contributed by atoms with van der Waals surface area (Å²) in [6.07, 6.45) is 7.46. The van der Waals surface area contributed by atoms with Crippen molar-refractivity contribution in [3.05, 3.63) is 35.6 Å². The molecule has 0 spiro atoms. The molecule has 96 valence electrons. The third-order valence-corrected chi connectivity index (χ3v) is 5.56. The van der Waals surface area contributed by atoms with Gasteiger partial charge in [0.2, 0.25) is 0 Å². The fourth-order valence-corrected chi connectivity index (χ4v) is 5.47. The molecule has 4 aliphatic rings. The van der Waals surface area contributed by atoms with Crippen molar-refractivity contribution in [3.8, 4) is 0 Å². The summed E-state index contributed by atoms with van der Waals surface area (Å²) in [4.78, 5) is 0. The molecular weight excluding hydrogens is 225 g/mol. The maximum atomic E-state index is 13.1. The van der Waals surface area contributed by atoms with E-state index >= 15 is 0 Å². The van der Waals surface area contributed by atoms with Crippen LogP contribution in [0.5, 0.6) is 0 Å². The average molecular weight is 245 g/mol. The van der Waals surface area contributed by atoms with Gasteiger partial charge in [-0.1, -0.05) is 12.1 Å². The highest BCUT2D eigenvalue weighted by Crippen LogP contribution is 2.61. The second-order valence-corrected chi connectivity index (χ2v) is 7.11. The smallest absolute Gasteiger partial charge is 0.123 e. The molecule has 2 heteroatoms. The Morgan fingerprint density at radius 3 is 2.17 bits per heavy atom. The minimum absolute atomic E-state index is 0.0679. The second-order valence-electron chi connectivity index (χ2n) is 7.11. The van der Waals surface area contributed by atoms with Gasteiger partial charge in [0.15, 0.2) is 0 Å². The van der Waals surface area contributed by atoms with E-state index in [1.54, 1.807) is 12.1 Å². The van der Waals surface area contributed by atoms with E-state index in [1.165, 1.54) is 37.7 Å². The Bertz CT molecular complexity index is 464. The maximum absolute atomic E-state index is 13.1. The van der Waals surface area contributed by atoms with E-state index in [4.69, 9.17) is 5.73 Å². The highest BCUT2D eigenvalue weighted by Gasteiger charge is 2.56. The van der Waals surface area contributed by atoms with Gasteiger partial charge in [0.1, 0.15) is 5.82 Å². The Morgan fingerprint density at radius 2 is 1.61 bits per heavy atom. The zero-order valence-corrected chi connectivity index (χ0v) is 10.7. The molecule has 4 aliphatic carbocycles. The molecule has 0 amide bonds. The first kappa shape index (κ1) is 11.0. The van der Waals surface area contributed by atoms with Crippen LogP contribution in [0.2, 0.25) is 0 Å². The summed E-state index contributed by atoms with van der Waals surface area (Å²) in [6, 6.07) is 7.20. The molecule has 1 aromatic rings. The molecule has 2 unspecified atom stereocenters. The van der Waals surface area contributed by atoms with E-state index < -0.39 is 0 Å². The highest BCUT2D eigenvalue weighted by atomic mass is 19.1. The van der Waals surface area contributed by atoms with Crippen molar-refractivity contribution >= 4 is 0 Å². The highest BCUT2D eigenvalue weighted by molar-refractivity contribution is 5.31. The molecule has 5 rings (SSSR count). The molecule has 4 saturated carbocycles. The van der Waals surface area contributed by atoms with Gasteiger partial charge in [-0.2, -0.15) is 0 Å². The lowest BCUT2D eigenvalue weighted by molar-refractivity contribution is -0.0227. The summed E-state index contributed by atoms with van der Waals surface area (Å²) in [5, 5.41) is 0. The van der Waals surface area contributed by atoms with Crippen LogP contribution >= 0.6 is 0 Å². The predicted molar refractivity (Wildman–Crippen MR) is 69.7 cm³/mol. The Hall–Kier alpha value is -0.890. The molecule has 0 aliphatic heterocycles. The zero-order valence-electron chi connectivity index (χ0n) is 10.7. The first-order chi connectivity index (χ1) is 8.57. The molecule has 1 nitrogen and oxygen atoms in total. The van der Waals surface area contributed by atoms with Crippen LogP contribution in [-0.2, 0) is 5.41 Å². The first-order valence-electron chi connectivity index (χ1n) is 7.12. The van der Waals surface area contributed by atoms with Gasteiger partial charge >= 0.3 is 0 Å². The van der Waals surface area contributed by atoms with Crippen molar-refractivity contribution in [2.24, 2.45) is 17.6 Å². The Morgan fingerprint density at radius 1 is 1.00 bits per heavy atom. The van der Waals surface area contributed by atoms with Gasteiger partial charge in [0.25, 0.3) is 0 Å². The summed E-state index contributed by atoms with van der Waals surface area (Å²) in [5.74, 6) is 1.48. The van der Waals surface area contributed by atoms with Crippen LogP contribution in [0.1, 0.15) is 44.1 Å². The number of halogens is 1. The van der Waals surface area contributed by atoms with Gasteiger partial charge in [0.05, 0.1) is 0 Å². The largest absolute Gasteiger partial charge is 0.325 e. The van der Waals surface area contributed by atoms with Gasteiger partial charge < -0.3 is 5.73 Å². The fourth-order valence-electron chi connectivity index (χ4n) is 5.47. The quantitative estimate of drug-likeness (QED) is 0.806. The molecule has 0 saturated heterocycles. The zero-order chi connectivity index (χ0) is 12.4. The van der Waals surface area contributed by atoms with Crippen LogP contribution in [0, 0.1) is 17.7 Å². The van der Waals surface area contributed by atoms with Gasteiger partial charge in [-0.25, -0.2) is 4.39 Å². The Kier molecular flexibility index (Phi) is 2.05. The lowest BCUT2D eigenvalue weighted by Crippen LogP contribution is -2.61.